The lowest BCUT2D eigenvalue weighted by Gasteiger charge is -2.03. The van der Waals surface area contributed by atoms with E-state index >= 15 is 0 Å². The molecule has 0 fully saturated rings. The zero-order valence-corrected chi connectivity index (χ0v) is 13.4. The quantitative estimate of drug-likeness (QED) is 0.353. The Balaban J connectivity index is 3.10. The van der Waals surface area contributed by atoms with E-state index in [4.69, 9.17) is 0 Å². The molecule has 94 valence electrons. The molecule has 0 saturated heterocycles. The number of nitrogens with one attached hydrogen (secondary N) is 2. The fraction of sp³-hybridized carbons (Fsp3) is 0.750. The van der Waals surface area contributed by atoms with E-state index in [-0.39, 0.29) is 11.8 Å². The van der Waals surface area contributed by atoms with E-state index in [0.29, 0.717) is 23.7 Å². The molecule has 0 aromatic carbocycles. The molecular weight excluding hydrogens is 380 g/mol. The van der Waals surface area contributed by atoms with Crippen LogP contribution in [0.15, 0.2) is 0 Å². The molecule has 0 aliphatic heterocycles. The zero-order valence-electron chi connectivity index (χ0n) is 8.63. The first-order valence-electron chi connectivity index (χ1n) is 4.60. The summed E-state index contributed by atoms with van der Waals surface area (Å²) in [6.07, 6.45) is 0. The largest absolute Gasteiger partial charge is 0.355 e. The molecule has 8 heteroatoms. The first-order chi connectivity index (χ1) is 7.70. The predicted molar refractivity (Wildman–Crippen MR) is 78.5 cm³/mol. The van der Waals surface area contributed by atoms with Crippen LogP contribution in [-0.2, 0) is 9.59 Å². The highest BCUT2D eigenvalue weighted by atomic mass is 79.9. The van der Waals surface area contributed by atoms with Crippen LogP contribution in [0.4, 0.5) is 0 Å². The van der Waals surface area contributed by atoms with Crippen LogP contribution in [0.25, 0.3) is 0 Å². The summed E-state index contributed by atoms with van der Waals surface area (Å²) in [6, 6.07) is 0. The van der Waals surface area contributed by atoms with Crippen LogP contribution >= 0.6 is 53.4 Å². The van der Waals surface area contributed by atoms with Gasteiger partial charge in [0.1, 0.15) is 0 Å². The molecule has 0 bridgehead atoms. The first-order valence-corrected chi connectivity index (χ1v) is 9.33. The minimum Gasteiger partial charge on any atom is -0.355 e. The maximum atomic E-state index is 10.8. The standard InChI is InChI=1S/C8H14Br2N2O2S2/c9-5-7(13)11-1-3-15-16-4-2-12-8(14)6-10/h1-6H2,(H,11,13)(H,12,14). The Kier molecular flexibility index (Phi) is 12.5. The first kappa shape index (κ1) is 16.6. The number of halogens is 2. The molecule has 2 amide bonds. The van der Waals surface area contributed by atoms with Crippen molar-refractivity contribution in [2.24, 2.45) is 0 Å². The molecule has 0 aliphatic rings. The molecule has 0 spiro atoms. The SMILES string of the molecule is O=C(CBr)NCCSSCCNC(=O)CBr. The second-order valence-corrected chi connectivity index (χ2v) is 6.43. The van der Waals surface area contributed by atoms with Crippen LogP contribution in [0.2, 0.25) is 0 Å². The van der Waals surface area contributed by atoms with Crippen LogP contribution in [0.1, 0.15) is 0 Å². The third-order valence-corrected chi connectivity index (χ3v) is 4.77. The Morgan fingerprint density at radius 2 is 1.25 bits per heavy atom. The van der Waals surface area contributed by atoms with Gasteiger partial charge in [-0.1, -0.05) is 53.4 Å². The smallest absolute Gasteiger partial charge is 0.230 e. The molecule has 0 saturated carbocycles. The van der Waals surface area contributed by atoms with E-state index in [1.165, 1.54) is 0 Å². The van der Waals surface area contributed by atoms with Crippen molar-refractivity contribution in [3.63, 3.8) is 0 Å². The maximum Gasteiger partial charge on any atom is 0.230 e. The van der Waals surface area contributed by atoms with Gasteiger partial charge in [0, 0.05) is 24.6 Å². The van der Waals surface area contributed by atoms with Gasteiger partial charge in [0.2, 0.25) is 11.8 Å². The summed E-state index contributed by atoms with van der Waals surface area (Å²) in [4.78, 5) is 21.7. The Labute approximate surface area is 120 Å². The molecular formula is C8H14Br2N2O2S2. The van der Waals surface area contributed by atoms with Crippen molar-refractivity contribution in [2.75, 3.05) is 35.3 Å². The molecule has 4 nitrogen and oxygen atoms in total. The van der Waals surface area contributed by atoms with Gasteiger partial charge in [0.05, 0.1) is 10.7 Å². The van der Waals surface area contributed by atoms with E-state index in [9.17, 15) is 9.59 Å². The summed E-state index contributed by atoms with van der Waals surface area (Å²) < 4.78 is 0. The van der Waals surface area contributed by atoms with Gasteiger partial charge >= 0.3 is 0 Å². The number of rotatable bonds is 9. The normalized spacial score (nSPS) is 9.88. The highest BCUT2D eigenvalue weighted by molar-refractivity contribution is 9.09. The number of alkyl halides is 2. The molecule has 2 N–H and O–H groups in total. The number of carbonyl (C=O) groups is 2. The lowest BCUT2D eigenvalue weighted by atomic mass is 10.6. The average molecular weight is 394 g/mol. The zero-order chi connectivity index (χ0) is 12.2. The molecule has 0 atom stereocenters. The van der Waals surface area contributed by atoms with Gasteiger partial charge < -0.3 is 10.6 Å². The number of hydrogen-bond acceptors (Lipinski definition) is 4. The molecule has 0 radical (unpaired) electrons. The molecule has 0 heterocycles. The minimum absolute atomic E-state index is 0.00943. The summed E-state index contributed by atoms with van der Waals surface area (Å²) in [6.45, 7) is 1.35. The monoisotopic (exact) mass is 392 g/mol. The van der Waals surface area contributed by atoms with Crippen molar-refractivity contribution in [1.82, 2.24) is 10.6 Å². The predicted octanol–water partition coefficient (Wildman–Crippen LogP) is 1.39. The lowest BCUT2D eigenvalue weighted by molar-refractivity contribution is -0.119. The highest BCUT2D eigenvalue weighted by Gasteiger charge is 1.98. The molecule has 0 aromatic heterocycles. The summed E-state index contributed by atoms with van der Waals surface area (Å²) >= 11 is 6.14. The van der Waals surface area contributed by atoms with Crippen LogP contribution in [-0.4, -0.2) is 47.1 Å². The Hall–Kier alpha value is 0.600. The second kappa shape index (κ2) is 12.1. The molecule has 0 aromatic rings. The van der Waals surface area contributed by atoms with Gasteiger partial charge in [-0.3, -0.25) is 9.59 Å². The van der Waals surface area contributed by atoms with Crippen molar-refractivity contribution in [2.45, 2.75) is 0 Å². The van der Waals surface area contributed by atoms with Crippen molar-refractivity contribution >= 4 is 65.3 Å². The second-order valence-electron chi connectivity index (χ2n) is 2.61. The molecule has 16 heavy (non-hydrogen) atoms. The third kappa shape index (κ3) is 11.1. The van der Waals surface area contributed by atoms with Gasteiger partial charge in [-0.05, 0) is 0 Å². The molecule has 0 aliphatic carbocycles. The number of carbonyl (C=O) groups excluding carboxylic acids is 2. The van der Waals surface area contributed by atoms with Gasteiger partial charge in [-0.15, -0.1) is 0 Å². The van der Waals surface area contributed by atoms with Crippen LogP contribution in [0.3, 0.4) is 0 Å². The fourth-order valence-corrected chi connectivity index (χ4v) is 2.89. The van der Waals surface area contributed by atoms with Crippen molar-refractivity contribution < 1.29 is 9.59 Å². The molecule has 0 unspecified atom stereocenters. The van der Waals surface area contributed by atoms with Gasteiger partial charge in [0.25, 0.3) is 0 Å². The molecule has 0 rings (SSSR count). The number of hydrogen-bond donors (Lipinski definition) is 2. The fourth-order valence-electron chi connectivity index (χ4n) is 0.677. The summed E-state index contributed by atoms with van der Waals surface area (Å²) in [5, 5.41) is 6.21. The lowest BCUT2D eigenvalue weighted by Crippen LogP contribution is -2.27. The van der Waals surface area contributed by atoms with Crippen LogP contribution in [0.5, 0.6) is 0 Å². The summed E-state index contributed by atoms with van der Waals surface area (Å²) in [5.41, 5.74) is 0. The van der Waals surface area contributed by atoms with Crippen molar-refractivity contribution in [3.8, 4) is 0 Å². The third-order valence-electron chi connectivity index (χ3n) is 1.34. The van der Waals surface area contributed by atoms with Gasteiger partial charge in [-0.2, -0.15) is 0 Å². The number of amides is 2. The van der Waals surface area contributed by atoms with E-state index in [1.54, 1.807) is 21.6 Å². The topological polar surface area (TPSA) is 58.2 Å². The highest BCUT2D eigenvalue weighted by Crippen LogP contribution is 2.19. The maximum absolute atomic E-state index is 10.8. The van der Waals surface area contributed by atoms with Gasteiger partial charge in [0.15, 0.2) is 0 Å². The van der Waals surface area contributed by atoms with Gasteiger partial charge in [-0.25, -0.2) is 0 Å². The minimum atomic E-state index is 0.00943. The summed E-state index contributed by atoms with van der Waals surface area (Å²) in [7, 11) is 3.38. The Morgan fingerprint density at radius 3 is 1.56 bits per heavy atom. The van der Waals surface area contributed by atoms with Crippen LogP contribution in [0, 0.1) is 0 Å². The van der Waals surface area contributed by atoms with Crippen molar-refractivity contribution in [3.05, 3.63) is 0 Å². The van der Waals surface area contributed by atoms with E-state index in [1.807, 2.05) is 0 Å². The van der Waals surface area contributed by atoms with Crippen LogP contribution < -0.4 is 10.6 Å². The van der Waals surface area contributed by atoms with E-state index < -0.39 is 0 Å². The summed E-state index contributed by atoms with van der Waals surface area (Å²) in [5.74, 6) is 1.76. The van der Waals surface area contributed by atoms with E-state index in [2.05, 4.69) is 42.5 Å². The average Bonchev–Trinajstić information content (AvgIpc) is 2.31. The van der Waals surface area contributed by atoms with Crippen molar-refractivity contribution in [1.29, 1.82) is 0 Å². The Morgan fingerprint density at radius 1 is 0.875 bits per heavy atom. The Bertz CT molecular complexity index is 198. The van der Waals surface area contributed by atoms with E-state index in [0.717, 1.165) is 11.5 Å².